The van der Waals surface area contributed by atoms with Crippen LogP contribution in [0.5, 0.6) is 0 Å². The third kappa shape index (κ3) is 6.09. The first kappa shape index (κ1) is 25.8. The number of benzene rings is 2. The number of hydrogen-bond acceptors (Lipinski definition) is 7. The molecule has 0 aliphatic carbocycles. The van der Waals surface area contributed by atoms with Crippen LogP contribution in [0.3, 0.4) is 0 Å². The monoisotopic (exact) mass is 362 g/mol. The van der Waals surface area contributed by atoms with Crippen molar-refractivity contribution in [3.05, 3.63) is 41.5 Å². The first-order chi connectivity index (χ1) is 9.20. The summed E-state index contributed by atoms with van der Waals surface area (Å²) in [7, 11) is -4.98. The van der Waals surface area contributed by atoms with Crippen molar-refractivity contribution >= 4 is 32.8 Å². The van der Waals surface area contributed by atoms with E-state index < -0.39 is 32.5 Å². The quantitative estimate of drug-likeness (QED) is 0.390. The van der Waals surface area contributed by atoms with Crippen molar-refractivity contribution in [1.82, 2.24) is 0 Å². The fourth-order valence-corrected chi connectivity index (χ4v) is 2.49. The second-order valence-corrected chi connectivity index (χ2v) is 5.29. The molecule has 23 heavy (non-hydrogen) atoms. The third-order valence-corrected chi connectivity index (χ3v) is 3.53. The maximum Gasteiger partial charge on any atom is 1.00 e. The molecule has 0 N–H and O–H groups in total. The summed E-state index contributed by atoms with van der Waals surface area (Å²) in [6.45, 7) is 0. The molecule has 2 aromatic carbocycles. The van der Waals surface area contributed by atoms with Gasteiger partial charge >= 0.3 is 88.7 Å². The number of carbonyl (C=O) groups excluding carboxylic acids is 2. The summed E-state index contributed by atoms with van der Waals surface area (Å²) in [4.78, 5) is 20.7. The van der Waals surface area contributed by atoms with Crippen LogP contribution in [0.4, 0.5) is 0 Å². The predicted molar refractivity (Wildman–Crippen MR) is 60.6 cm³/mol. The maximum atomic E-state index is 11.2. The van der Waals surface area contributed by atoms with Crippen molar-refractivity contribution < 1.29 is 121 Å². The molecule has 2 rings (SSSR count). The molecule has 0 unspecified atom stereocenters. The van der Waals surface area contributed by atoms with Gasteiger partial charge in [0.25, 0.3) is 0 Å². The van der Waals surface area contributed by atoms with Gasteiger partial charge in [0.05, 0.1) is 16.8 Å². The number of aromatic carboxylic acids is 2. The van der Waals surface area contributed by atoms with Crippen LogP contribution >= 0.6 is 0 Å². The minimum atomic E-state index is -4.98. The third-order valence-electron chi connectivity index (χ3n) is 2.66. The molecule has 104 valence electrons. The van der Waals surface area contributed by atoms with Crippen molar-refractivity contribution in [2.75, 3.05) is 0 Å². The van der Waals surface area contributed by atoms with Crippen LogP contribution < -0.4 is 98.9 Å². The normalized spacial score (nSPS) is 9.96. The van der Waals surface area contributed by atoms with Gasteiger partial charge in [0.15, 0.2) is 0 Å². The van der Waals surface area contributed by atoms with E-state index in [1.165, 1.54) is 6.07 Å². The molecule has 0 aromatic heterocycles. The summed E-state index contributed by atoms with van der Waals surface area (Å²) in [5, 5.41) is 21.4. The van der Waals surface area contributed by atoms with E-state index in [2.05, 4.69) is 0 Å². The molecule has 0 aliphatic heterocycles. The van der Waals surface area contributed by atoms with Gasteiger partial charge in [0, 0.05) is 0 Å². The molecule has 0 radical (unpaired) electrons. The Bertz CT molecular complexity index is 849. The van der Waals surface area contributed by atoms with Crippen LogP contribution in [-0.4, -0.2) is 24.9 Å². The van der Waals surface area contributed by atoms with Gasteiger partial charge in [-0.25, -0.2) is 8.42 Å². The van der Waals surface area contributed by atoms with E-state index in [0.29, 0.717) is 6.07 Å². The predicted octanol–water partition coefficient (Wildman–Crippen LogP) is -10.5. The van der Waals surface area contributed by atoms with Crippen molar-refractivity contribution in [3.8, 4) is 0 Å². The number of carbonyl (C=O) groups is 2. The summed E-state index contributed by atoms with van der Waals surface area (Å²) in [6.07, 6.45) is 0. The number of carboxylic acid groups (broad SMARTS) is 2. The molecular formula is C12H5Na3O7S. The molecule has 0 heterocycles. The molecule has 7 nitrogen and oxygen atoms in total. The molecule has 0 spiro atoms. The fraction of sp³-hybridized carbons (Fsp3) is 0. The van der Waals surface area contributed by atoms with E-state index >= 15 is 0 Å². The van der Waals surface area contributed by atoms with Gasteiger partial charge in [-0.2, -0.15) is 0 Å². The van der Waals surface area contributed by atoms with Gasteiger partial charge in [-0.1, -0.05) is 12.1 Å². The average molecular weight is 362 g/mol. The average Bonchev–Trinajstić information content (AvgIpc) is 2.35. The topological polar surface area (TPSA) is 137 Å². The number of hydrogen-bond donors (Lipinski definition) is 0. The smallest absolute Gasteiger partial charge is 0.744 e. The maximum absolute atomic E-state index is 11.2. The van der Waals surface area contributed by atoms with Crippen molar-refractivity contribution in [2.24, 2.45) is 0 Å². The van der Waals surface area contributed by atoms with E-state index in [4.69, 9.17) is 0 Å². The molecule has 0 saturated carbocycles. The molecule has 11 heteroatoms. The van der Waals surface area contributed by atoms with E-state index in [-0.39, 0.29) is 105 Å². The van der Waals surface area contributed by atoms with Gasteiger partial charge < -0.3 is 24.4 Å². The van der Waals surface area contributed by atoms with Crippen LogP contribution in [0, 0.1) is 0 Å². The van der Waals surface area contributed by atoms with Crippen LogP contribution in [0.25, 0.3) is 10.8 Å². The molecule has 0 amide bonds. The van der Waals surface area contributed by atoms with Gasteiger partial charge in [0.1, 0.15) is 10.1 Å². The van der Waals surface area contributed by atoms with Gasteiger partial charge in [-0.05, 0) is 40.1 Å². The van der Waals surface area contributed by atoms with Crippen molar-refractivity contribution in [3.63, 3.8) is 0 Å². The molecule has 2 aromatic rings. The second-order valence-electron chi connectivity index (χ2n) is 3.94. The standard InChI is InChI=1S/C12H8O7S.3Na/c13-11(14)7-2-1-6-3-8(12(15)16)5-10(9(6)4-7)20(17,18)19;;;/h1-5H,(H,13,14)(H,15,16)(H,17,18,19);;;/q;3*+1/p-3. The summed E-state index contributed by atoms with van der Waals surface area (Å²) in [6, 6.07) is 4.95. The number of fused-ring (bicyclic) bond motifs is 1. The Hall–Kier alpha value is 0.550. The van der Waals surface area contributed by atoms with E-state index in [1.54, 1.807) is 0 Å². The van der Waals surface area contributed by atoms with Crippen molar-refractivity contribution in [2.45, 2.75) is 4.90 Å². The van der Waals surface area contributed by atoms with Crippen LogP contribution in [0.15, 0.2) is 35.2 Å². The largest absolute Gasteiger partial charge is 1.00 e. The zero-order valence-electron chi connectivity index (χ0n) is 12.7. The van der Waals surface area contributed by atoms with Gasteiger partial charge in [-0.15, -0.1) is 0 Å². The zero-order valence-corrected chi connectivity index (χ0v) is 19.5. The minimum Gasteiger partial charge on any atom is -0.744 e. The van der Waals surface area contributed by atoms with Crippen molar-refractivity contribution in [1.29, 1.82) is 0 Å². The van der Waals surface area contributed by atoms with Gasteiger partial charge in [-0.3, -0.25) is 0 Å². The minimum absolute atomic E-state index is 0. The Morgan fingerprint density at radius 3 is 1.78 bits per heavy atom. The van der Waals surface area contributed by atoms with Crippen LogP contribution in [0.2, 0.25) is 0 Å². The Kier molecular flexibility index (Phi) is 11.1. The van der Waals surface area contributed by atoms with E-state index in [0.717, 1.165) is 18.2 Å². The summed E-state index contributed by atoms with van der Waals surface area (Å²) >= 11 is 0. The number of carboxylic acids is 2. The van der Waals surface area contributed by atoms with Gasteiger partial charge in [0.2, 0.25) is 0 Å². The Balaban J connectivity index is 0. The SMILES string of the molecule is O=C([O-])c1cc(S(=O)(=O)[O-])c2cc(C(=O)[O-])ccc2c1.[Na+].[Na+].[Na+]. The van der Waals surface area contributed by atoms with Crippen LogP contribution in [-0.2, 0) is 10.1 Å². The van der Waals surface area contributed by atoms with E-state index in [1.807, 2.05) is 0 Å². The number of rotatable bonds is 3. The molecule has 0 bridgehead atoms. The summed E-state index contributed by atoms with van der Waals surface area (Å²) in [5.74, 6) is -3.20. The Labute approximate surface area is 198 Å². The zero-order chi connectivity index (χ0) is 15.1. The van der Waals surface area contributed by atoms with Crippen LogP contribution in [0.1, 0.15) is 20.7 Å². The van der Waals surface area contributed by atoms with E-state index in [9.17, 15) is 32.8 Å². The first-order valence-corrected chi connectivity index (χ1v) is 6.57. The molecular weight excluding hydrogens is 357 g/mol. The summed E-state index contributed by atoms with van der Waals surface area (Å²) in [5.41, 5.74) is -0.822. The molecule has 0 saturated heterocycles. The molecule has 0 fully saturated rings. The fourth-order valence-electron chi connectivity index (χ4n) is 1.78. The summed E-state index contributed by atoms with van der Waals surface area (Å²) < 4.78 is 33.5. The second kappa shape index (κ2) is 9.88. The molecule has 0 aliphatic rings. The molecule has 0 atom stereocenters. The Morgan fingerprint density at radius 2 is 1.35 bits per heavy atom. The Morgan fingerprint density at radius 1 is 0.826 bits per heavy atom. The first-order valence-electron chi connectivity index (χ1n) is 5.16.